The lowest BCUT2D eigenvalue weighted by Crippen LogP contribution is -1.92. The van der Waals surface area contributed by atoms with E-state index in [9.17, 15) is 0 Å². The van der Waals surface area contributed by atoms with Crippen molar-refractivity contribution < 1.29 is 4.74 Å². The molecule has 0 spiro atoms. The van der Waals surface area contributed by atoms with E-state index in [4.69, 9.17) is 4.74 Å². The van der Waals surface area contributed by atoms with Gasteiger partial charge in [0.15, 0.2) is 0 Å². The van der Waals surface area contributed by atoms with Gasteiger partial charge in [0.25, 0.3) is 0 Å². The minimum Gasteiger partial charge on any atom is -0.497 e. The molecule has 84 valence electrons. The molecule has 1 N–H and O–H groups in total. The second-order valence-corrected chi connectivity index (χ2v) is 3.58. The van der Waals surface area contributed by atoms with Crippen LogP contribution in [0.5, 0.6) is 5.75 Å². The highest BCUT2D eigenvalue weighted by atomic mass is 16.5. The fraction of sp³-hybridized carbons (Fsp3) is 0.333. The Balaban J connectivity index is 2.13. The van der Waals surface area contributed by atoms with Crippen LogP contribution in [0.15, 0.2) is 24.3 Å². The number of aryl methyl sites for hydroxylation is 1. The average Bonchev–Trinajstić information content (AvgIpc) is 2.77. The summed E-state index contributed by atoms with van der Waals surface area (Å²) in [6, 6.07) is 7.97. The van der Waals surface area contributed by atoms with Gasteiger partial charge in [-0.3, -0.25) is 5.10 Å². The molecule has 16 heavy (non-hydrogen) atoms. The Kier molecular flexibility index (Phi) is 3.19. The first-order valence-electron chi connectivity index (χ1n) is 5.35. The van der Waals surface area contributed by atoms with Gasteiger partial charge in [-0.2, -0.15) is 5.10 Å². The second-order valence-electron chi connectivity index (χ2n) is 3.58. The van der Waals surface area contributed by atoms with Crippen molar-refractivity contribution in [1.29, 1.82) is 0 Å². The summed E-state index contributed by atoms with van der Waals surface area (Å²) in [5.74, 6) is 2.62. The van der Waals surface area contributed by atoms with Crippen LogP contribution in [0.2, 0.25) is 0 Å². The quantitative estimate of drug-likeness (QED) is 0.851. The third kappa shape index (κ3) is 2.39. The molecule has 0 saturated heterocycles. The van der Waals surface area contributed by atoms with Crippen LogP contribution in [-0.4, -0.2) is 22.3 Å². The molecule has 4 heteroatoms. The molecule has 2 rings (SSSR count). The number of aromatic nitrogens is 3. The first-order chi connectivity index (χ1) is 7.81. The van der Waals surface area contributed by atoms with E-state index in [-0.39, 0.29) is 0 Å². The van der Waals surface area contributed by atoms with Gasteiger partial charge >= 0.3 is 0 Å². The summed E-state index contributed by atoms with van der Waals surface area (Å²) in [5.41, 5.74) is 1.16. The summed E-state index contributed by atoms with van der Waals surface area (Å²) in [4.78, 5) is 4.37. The molecule has 0 aliphatic heterocycles. The Morgan fingerprint density at radius 2 is 2.25 bits per heavy atom. The molecule has 0 aliphatic carbocycles. The maximum atomic E-state index is 5.17. The van der Waals surface area contributed by atoms with Gasteiger partial charge in [-0.1, -0.05) is 19.1 Å². The molecule has 4 nitrogen and oxygen atoms in total. The summed E-state index contributed by atoms with van der Waals surface area (Å²) in [5, 5.41) is 7.05. The van der Waals surface area contributed by atoms with Crippen molar-refractivity contribution in [2.24, 2.45) is 0 Å². The highest BCUT2D eigenvalue weighted by Crippen LogP contribution is 2.14. The molecule has 1 heterocycles. The topological polar surface area (TPSA) is 50.8 Å². The zero-order valence-electron chi connectivity index (χ0n) is 9.53. The van der Waals surface area contributed by atoms with Crippen LogP contribution in [0.3, 0.4) is 0 Å². The van der Waals surface area contributed by atoms with Crippen LogP contribution in [0.4, 0.5) is 0 Å². The van der Waals surface area contributed by atoms with Crippen molar-refractivity contribution in [2.75, 3.05) is 7.11 Å². The van der Waals surface area contributed by atoms with Gasteiger partial charge in [0.2, 0.25) is 0 Å². The number of nitrogens with one attached hydrogen (secondary N) is 1. The molecule has 0 atom stereocenters. The lowest BCUT2D eigenvalue weighted by atomic mass is 10.1. The lowest BCUT2D eigenvalue weighted by molar-refractivity contribution is 0.414. The fourth-order valence-corrected chi connectivity index (χ4v) is 1.55. The Labute approximate surface area is 94.7 Å². The predicted molar refractivity (Wildman–Crippen MR) is 61.6 cm³/mol. The molecule has 0 fully saturated rings. The molecule has 0 bridgehead atoms. The molecular formula is C12H15N3O. The molecule has 0 aliphatic rings. The number of aromatic amines is 1. The number of nitrogens with zero attached hydrogens (tertiary/aromatic N) is 2. The van der Waals surface area contributed by atoms with Crippen LogP contribution in [-0.2, 0) is 12.8 Å². The van der Waals surface area contributed by atoms with E-state index in [1.165, 1.54) is 0 Å². The van der Waals surface area contributed by atoms with E-state index in [0.29, 0.717) is 0 Å². The van der Waals surface area contributed by atoms with E-state index >= 15 is 0 Å². The second kappa shape index (κ2) is 4.79. The summed E-state index contributed by atoms with van der Waals surface area (Å²) < 4.78 is 5.17. The molecule has 0 amide bonds. The molecule has 0 radical (unpaired) electrons. The lowest BCUT2D eigenvalue weighted by Gasteiger charge is -2.02. The Bertz CT molecular complexity index is 465. The van der Waals surface area contributed by atoms with Gasteiger partial charge in [0.05, 0.1) is 7.11 Å². The van der Waals surface area contributed by atoms with Crippen molar-refractivity contribution >= 4 is 0 Å². The third-order valence-corrected chi connectivity index (χ3v) is 2.40. The minimum atomic E-state index is 0.754. The number of hydrogen-bond donors (Lipinski definition) is 1. The van der Waals surface area contributed by atoms with Gasteiger partial charge in [0, 0.05) is 12.8 Å². The normalized spacial score (nSPS) is 10.4. The number of hydrogen-bond acceptors (Lipinski definition) is 3. The van der Waals surface area contributed by atoms with Gasteiger partial charge in [-0.25, -0.2) is 4.98 Å². The highest BCUT2D eigenvalue weighted by molar-refractivity contribution is 5.30. The summed E-state index contributed by atoms with van der Waals surface area (Å²) in [6.07, 6.45) is 1.61. The minimum absolute atomic E-state index is 0.754. The van der Waals surface area contributed by atoms with Crippen molar-refractivity contribution in [3.63, 3.8) is 0 Å². The molecule has 0 saturated carbocycles. The zero-order chi connectivity index (χ0) is 11.4. The van der Waals surface area contributed by atoms with Crippen molar-refractivity contribution in [3.05, 3.63) is 41.5 Å². The average molecular weight is 217 g/mol. The number of methoxy groups -OCH3 is 1. The van der Waals surface area contributed by atoms with Gasteiger partial charge in [-0.15, -0.1) is 0 Å². The SMILES string of the molecule is CCc1n[nH]c(Cc2cccc(OC)c2)n1. The smallest absolute Gasteiger partial charge is 0.150 e. The van der Waals surface area contributed by atoms with Crippen LogP contribution in [0.25, 0.3) is 0 Å². The maximum Gasteiger partial charge on any atom is 0.150 e. The maximum absolute atomic E-state index is 5.17. The van der Waals surface area contributed by atoms with Crippen molar-refractivity contribution in [3.8, 4) is 5.75 Å². The monoisotopic (exact) mass is 217 g/mol. The molecule has 2 aromatic rings. The Morgan fingerprint density at radius 1 is 1.38 bits per heavy atom. The largest absolute Gasteiger partial charge is 0.497 e. The highest BCUT2D eigenvalue weighted by Gasteiger charge is 2.03. The number of H-pyrrole nitrogens is 1. The van der Waals surface area contributed by atoms with Crippen molar-refractivity contribution in [2.45, 2.75) is 19.8 Å². The van der Waals surface area contributed by atoms with Crippen LogP contribution >= 0.6 is 0 Å². The fourth-order valence-electron chi connectivity index (χ4n) is 1.55. The van der Waals surface area contributed by atoms with E-state index in [1.807, 2.05) is 25.1 Å². The zero-order valence-corrected chi connectivity index (χ0v) is 9.53. The number of rotatable bonds is 4. The molecule has 1 aromatic carbocycles. The first kappa shape index (κ1) is 10.7. The standard InChI is InChI=1S/C12H15N3O/c1-3-11-13-12(15-14-11)8-9-5-4-6-10(7-9)16-2/h4-7H,3,8H2,1-2H3,(H,13,14,15). The molecule has 1 aromatic heterocycles. The van der Waals surface area contributed by atoms with E-state index < -0.39 is 0 Å². The molecule has 0 unspecified atom stereocenters. The first-order valence-corrected chi connectivity index (χ1v) is 5.35. The van der Waals surface area contributed by atoms with E-state index in [0.717, 1.165) is 35.8 Å². The van der Waals surface area contributed by atoms with Gasteiger partial charge < -0.3 is 4.74 Å². The predicted octanol–water partition coefficient (Wildman–Crippen LogP) is 1.97. The Morgan fingerprint density at radius 3 is 2.94 bits per heavy atom. The van der Waals surface area contributed by atoms with Crippen molar-refractivity contribution in [1.82, 2.24) is 15.2 Å². The summed E-state index contributed by atoms with van der Waals surface area (Å²) >= 11 is 0. The van der Waals surface area contributed by atoms with E-state index in [2.05, 4.69) is 21.2 Å². The summed E-state index contributed by atoms with van der Waals surface area (Å²) in [6.45, 7) is 2.04. The van der Waals surface area contributed by atoms with Crippen LogP contribution in [0, 0.1) is 0 Å². The van der Waals surface area contributed by atoms with E-state index in [1.54, 1.807) is 7.11 Å². The summed E-state index contributed by atoms with van der Waals surface area (Å²) in [7, 11) is 1.67. The number of ether oxygens (including phenoxy) is 1. The van der Waals surface area contributed by atoms with Gasteiger partial charge in [-0.05, 0) is 17.7 Å². The third-order valence-electron chi connectivity index (χ3n) is 2.40. The van der Waals surface area contributed by atoms with Gasteiger partial charge in [0.1, 0.15) is 17.4 Å². The number of benzene rings is 1. The Hall–Kier alpha value is -1.84. The molecular weight excluding hydrogens is 202 g/mol. The van der Waals surface area contributed by atoms with Crippen LogP contribution < -0.4 is 4.74 Å². The van der Waals surface area contributed by atoms with Crippen LogP contribution in [0.1, 0.15) is 24.1 Å².